The summed E-state index contributed by atoms with van der Waals surface area (Å²) in [6, 6.07) is 12.6. The highest BCUT2D eigenvalue weighted by Crippen LogP contribution is 2.29. The van der Waals surface area contributed by atoms with Crippen molar-refractivity contribution in [1.29, 1.82) is 0 Å². The number of nitrogens with zero attached hydrogens (tertiary/aromatic N) is 2. The summed E-state index contributed by atoms with van der Waals surface area (Å²) < 4.78 is 5.90. The number of unbranched alkanes of at least 4 members (excludes halogenated alkanes) is 10. The summed E-state index contributed by atoms with van der Waals surface area (Å²) in [4.78, 5) is 12.0. The van der Waals surface area contributed by atoms with Crippen LogP contribution in [0.15, 0.2) is 48.8 Å². The normalized spacial score (nSPS) is 11.1. The number of hydrogen-bond acceptors (Lipinski definition) is 4. The Bertz CT molecular complexity index is 918. The van der Waals surface area contributed by atoms with E-state index in [0.717, 1.165) is 35.7 Å². The molecule has 0 saturated carbocycles. The molecule has 0 bridgehead atoms. The minimum Gasteiger partial charge on any atom is -0.494 e. The molecule has 184 valence electrons. The lowest BCUT2D eigenvalue weighted by Crippen LogP contribution is -1.97. The van der Waals surface area contributed by atoms with Crippen LogP contribution < -0.4 is 4.74 Å². The van der Waals surface area contributed by atoms with E-state index in [9.17, 15) is 0 Å². The topological polar surface area (TPSA) is 35.0 Å². The zero-order valence-corrected chi connectivity index (χ0v) is 22.0. The van der Waals surface area contributed by atoms with Crippen LogP contribution in [0.25, 0.3) is 21.8 Å². The standard InChI is InChI=1S/C30H42N2OS/c1-3-5-7-9-11-13-15-28-20-21-29(34-28)26-23-31-30(32-24-26)25-16-18-27(19-17-25)33-22-14-12-10-8-6-4-2/h16-21,23-24H,3-15,22H2,1-2H3. The molecule has 3 rings (SSSR count). The molecule has 3 nitrogen and oxygen atoms in total. The Morgan fingerprint density at radius 1 is 0.647 bits per heavy atom. The van der Waals surface area contributed by atoms with Crippen LogP contribution in [0.2, 0.25) is 0 Å². The Hall–Kier alpha value is -2.20. The molecule has 2 heterocycles. The molecular weight excluding hydrogens is 436 g/mol. The number of ether oxygens (including phenoxy) is 1. The molecular formula is C30H42N2OS. The van der Waals surface area contributed by atoms with Crippen LogP contribution in [-0.2, 0) is 6.42 Å². The first-order valence-electron chi connectivity index (χ1n) is 13.4. The predicted octanol–water partition coefficient (Wildman–Crippen LogP) is 9.51. The van der Waals surface area contributed by atoms with Gasteiger partial charge in [-0.3, -0.25) is 0 Å². The van der Waals surface area contributed by atoms with Crippen LogP contribution in [0.4, 0.5) is 0 Å². The minimum atomic E-state index is 0.759. The molecule has 34 heavy (non-hydrogen) atoms. The Morgan fingerprint density at radius 3 is 1.94 bits per heavy atom. The average molecular weight is 479 g/mol. The number of thiophene rings is 1. The van der Waals surface area contributed by atoms with Crippen molar-refractivity contribution in [1.82, 2.24) is 9.97 Å². The van der Waals surface area contributed by atoms with Crippen LogP contribution in [0.3, 0.4) is 0 Å². The average Bonchev–Trinajstić information content (AvgIpc) is 3.35. The second-order valence-electron chi connectivity index (χ2n) is 9.22. The van der Waals surface area contributed by atoms with Crippen molar-refractivity contribution in [2.75, 3.05) is 6.61 Å². The van der Waals surface area contributed by atoms with Crippen LogP contribution in [0.1, 0.15) is 95.8 Å². The highest BCUT2D eigenvalue weighted by Gasteiger charge is 2.07. The summed E-state index contributed by atoms with van der Waals surface area (Å²) in [5.41, 5.74) is 2.12. The molecule has 0 atom stereocenters. The first-order chi connectivity index (χ1) is 16.8. The van der Waals surface area contributed by atoms with Crippen molar-refractivity contribution < 1.29 is 4.74 Å². The van der Waals surface area contributed by atoms with Crippen LogP contribution >= 0.6 is 11.3 Å². The number of hydrogen-bond donors (Lipinski definition) is 0. The van der Waals surface area contributed by atoms with Crippen molar-refractivity contribution in [2.45, 2.75) is 97.3 Å². The first-order valence-corrected chi connectivity index (χ1v) is 14.3. The highest BCUT2D eigenvalue weighted by molar-refractivity contribution is 7.15. The number of aryl methyl sites for hydroxylation is 1. The van der Waals surface area contributed by atoms with Gasteiger partial charge in [0.15, 0.2) is 5.82 Å². The van der Waals surface area contributed by atoms with Gasteiger partial charge in [-0.15, -0.1) is 11.3 Å². The monoisotopic (exact) mass is 478 g/mol. The first kappa shape index (κ1) is 26.4. The second kappa shape index (κ2) is 15.7. The summed E-state index contributed by atoms with van der Waals surface area (Å²) in [5.74, 6) is 1.68. The SMILES string of the molecule is CCCCCCCCOc1ccc(-c2ncc(-c3ccc(CCCCCCCC)s3)cn2)cc1. The molecule has 2 aromatic heterocycles. The van der Waals surface area contributed by atoms with Gasteiger partial charge in [-0.2, -0.15) is 0 Å². The summed E-state index contributed by atoms with van der Waals surface area (Å²) in [7, 11) is 0. The van der Waals surface area contributed by atoms with Gasteiger partial charge in [0.05, 0.1) is 6.61 Å². The summed E-state index contributed by atoms with van der Waals surface area (Å²) in [6.07, 6.45) is 20.8. The van der Waals surface area contributed by atoms with Gasteiger partial charge in [0.25, 0.3) is 0 Å². The van der Waals surface area contributed by atoms with E-state index in [1.54, 1.807) is 0 Å². The largest absolute Gasteiger partial charge is 0.494 e. The molecule has 3 aromatic rings. The summed E-state index contributed by atoms with van der Waals surface area (Å²) >= 11 is 1.88. The molecule has 1 aromatic carbocycles. The van der Waals surface area contributed by atoms with Crippen molar-refractivity contribution in [3.63, 3.8) is 0 Å². The Morgan fingerprint density at radius 2 is 1.26 bits per heavy atom. The fourth-order valence-electron chi connectivity index (χ4n) is 4.12. The molecule has 0 fully saturated rings. The van der Waals surface area contributed by atoms with E-state index in [1.807, 2.05) is 35.9 Å². The van der Waals surface area contributed by atoms with Gasteiger partial charge in [-0.05, 0) is 55.7 Å². The third-order valence-electron chi connectivity index (χ3n) is 6.25. The van der Waals surface area contributed by atoms with Crippen LogP contribution in [-0.4, -0.2) is 16.6 Å². The lowest BCUT2D eigenvalue weighted by Gasteiger charge is -2.07. The van der Waals surface area contributed by atoms with Crippen LogP contribution in [0.5, 0.6) is 5.75 Å². The maximum Gasteiger partial charge on any atom is 0.159 e. The van der Waals surface area contributed by atoms with E-state index in [0.29, 0.717) is 0 Å². The number of benzene rings is 1. The van der Waals surface area contributed by atoms with E-state index in [1.165, 1.54) is 86.8 Å². The van der Waals surface area contributed by atoms with Crippen molar-refractivity contribution in [2.24, 2.45) is 0 Å². The van der Waals surface area contributed by atoms with Gasteiger partial charge in [-0.25, -0.2) is 9.97 Å². The Labute approximate surface area is 211 Å². The molecule has 0 aliphatic carbocycles. The maximum absolute atomic E-state index is 5.90. The lowest BCUT2D eigenvalue weighted by molar-refractivity contribution is 0.304. The van der Waals surface area contributed by atoms with Gasteiger partial charge < -0.3 is 4.74 Å². The summed E-state index contributed by atoms with van der Waals surface area (Å²) in [6.45, 7) is 5.31. The number of rotatable bonds is 17. The van der Waals surface area contributed by atoms with Gasteiger partial charge >= 0.3 is 0 Å². The van der Waals surface area contributed by atoms with Gasteiger partial charge in [0, 0.05) is 33.3 Å². The van der Waals surface area contributed by atoms with E-state index in [4.69, 9.17) is 4.74 Å². The second-order valence-corrected chi connectivity index (χ2v) is 10.4. The third kappa shape index (κ3) is 9.21. The molecule has 0 amide bonds. The van der Waals surface area contributed by atoms with E-state index < -0.39 is 0 Å². The highest BCUT2D eigenvalue weighted by atomic mass is 32.1. The smallest absolute Gasteiger partial charge is 0.159 e. The predicted molar refractivity (Wildman–Crippen MR) is 147 cm³/mol. The van der Waals surface area contributed by atoms with Crippen molar-refractivity contribution >= 4 is 11.3 Å². The molecule has 0 aliphatic heterocycles. The third-order valence-corrected chi connectivity index (χ3v) is 7.45. The molecule has 0 spiro atoms. The Balaban J connectivity index is 1.43. The van der Waals surface area contributed by atoms with Gasteiger partial charge in [0.1, 0.15) is 5.75 Å². The van der Waals surface area contributed by atoms with E-state index >= 15 is 0 Å². The Kier molecular flexibility index (Phi) is 12.2. The molecule has 0 radical (unpaired) electrons. The molecule has 0 unspecified atom stereocenters. The van der Waals surface area contributed by atoms with Crippen molar-refractivity contribution in [3.8, 4) is 27.6 Å². The lowest BCUT2D eigenvalue weighted by atomic mass is 10.1. The molecule has 0 aliphatic rings. The van der Waals surface area contributed by atoms with E-state index in [2.05, 4.69) is 48.1 Å². The fourth-order valence-corrected chi connectivity index (χ4v) is 5.15. The molecule has 0 N–H and O–H groups in total. The minimum absolute atomic E-state index is 0.759. The van der Waals surface area contributed by atoms with E-state index in [-0.39, 0.29) is 0 Å². The summed E-state index contributed by atoms with van der Waals surface area (Å²) in [5, 5.41) is 0. The molecule has 0 saturated heterocycles. The fraction of sp³-hybridized carbons (Fsp3) is 0.533. The van der Waals surface area contributed by atoms with Crippen LogP contribution in [0, 0.1) is 0 Å². The molecule has 4 heteroatoms. The van der Waals surface area contributed by atoms with Crippen molar-refractivity contribution in [3.05, 3.63) is 53.7 Å². The zero-order valence-electron chi connectivity index (χ0n) is 21.2. The van der Waals surface area contributed by atoms with Gasteiger partial charge in [-0.1, -0.05) is 78.1 Å². The number of aromatic nitrogens is 2. The van der Waals surface area contributed by atoms with Gasteiger partial charge in [0.2, 0.25) is 0 Å². The maximum atomic E-state index is 5.90. The quantitative estimate of drug-likeness (QED) is 0.181. The zero-order chi connectivity index (χ0) is 23.8.